The standard InChI is InChI=1S/C10H11NO4S/c1-5-8(16-6(2)11-5)10(13)15-7-3-4-14-9(7)12/h7H,3-4H2,1-2H3/t7-/m0/s1. The van der Waals surface area contributed by atoms with Gasteiger partial charge in [-0.15, -0.1) is 11.3 Å². The lowest BCUT2D eigenvalue weighted by atomic mass is 10.3. The molecule has 1 aromatic heterocycles. The van der Waals surface area contributed by atoms with Gasteiger partial charge in [-0.25, -0.2) is 14.6 Å². The Bertz CT molecular complexity index is 440. The zero-order valence-electron chi connectivity index (χ0n) is 8.98. The highest BCUT2D eigenvalue weighted by Gasteiger charge is 2.31. The monoisotopic (exact) mass is 241 g/mol. The third-order valence-corrected chi connectivity index (χ3v) is 3.28. The van der Waals surface area contributed by atoms with Crippen LogP contribution < -0.4 is 0 Å². The van der Waals surface area contributed by atoms with Crippen molar-refractivity contribution in [2.75, 3.05) is 6.61 Å². The number of carbonyl (C=O) groups excluding carboxylic acids is 2. The number of ether oxygens (including phenoxy) is 2. The zero-order valence-corrected chi connectivity index (χ0v) is 9.80. The van der Waals surface area contributed by atoms with Crippen LogP contribution in [0.5, 0.6) is 0 Å². The number of aromatic nitrogens is 1. The van der Waals surface area contributed by atoms with Crippen LogP contribution in [-0.4, -0.2) is 29.6 Å². The smallest absolute Gasteiger partial charge is 0.351 e. The van der Waals surface area contributed by atoms with Crippen molar-refractivity contribution in [3.63, 3.8) is 0 Å². The van der Waals surface area contributed by atoms with Gasteiger partial charge >= 0.3 is 11.9 Å². The Morgan fingerprint density at radius 2 is 2.31 bits per heavy atom. The molecule has 0 saturated carbocycles. The Labute approximate surface area is 96.4 Å². The lowest BCUT2D eigenvalue weighted by Gasteiger charge is -2.06. The summed E-state index contributed by atoms with van der Waals surface area (Å²) in [5.74, 6) is -0.959. The van der Waals surface area contributed by atoms with Crippen molar-refractivity contribution < 1.29 is 19.1 Å². The molecule has 1 saturated heterocycles. The summed E-state index contributed by atoms with van der Waals surface area (Å²) >= 11 is 1.27. The Hall–Kier alpha value is -1.43. The second-order valence-corrected chi connectivity index (χ2v) is 4.70. The van der Waals surface area contributed by atoms with Crippen molar-refractivity contribution in [2.24, 2.45) is 0 Å². The number of cyclic esters (lactones) is 1. The van der Waals surface area contributed by atoms with Crippen LogP contribution >= 0.6 is 11.3 Å². The average Bonchev–Trinajstić information content (AvgIpc) is 2.74. The van der Waals surface area contributed by atoms with E-state index in [0.29, 0.717) is 23.6 Å². The highest BCUT2D eigenvalue weighted by Crippen LogP contribution is 2.20. The first-order chi connectivity index (χ1) is 7.58. The number of hydrogen-bond acceptors (Lipinski definition) is 6. The fraction of sp³-hybridized carbons (Fsp3) is 0.500. The number of carbonyl (C=O) groups is 2. The number of aryl methyl sites for hydroxylation is 2. The number of rotatable bonds is 2. The third-order valence-electron chi connectivity index (χ3n) is 2.23. The SMILES string of the molecule is Cc1nc(C)c(C(=O)O[C@H]2CCOC2=O)s1. The van der Waals surface area contributed by atoms with Crippen LogP contribution in [0.2, 0.25) is 0 Å². The highest BCUT2D eigenvalue weighted by molar-refractivity contribution is 7.13. The molecule has 16 heavy (non-hydrogen) atoms. The van der Waals surface area contributed by atoms with Crippen molar-refractivity contribution in [1.82, 2.24) is 4.98 Å². The first-order valence-corrected chi connectivity index (χ1v) is 5.71. The van der Waals surface area contributed by atoms with Gasteiger partial charge in [0.25, 0.3) is 0 Å². The lowest BCUT2D eigenvalue weighted by Crippen LogP contribution is -2.22. The molecule has 0 aromatic carbocycles. The molecule has 2 heterocycles. The van der Waals surface area contributed by atoms with Crippen molar-refractivity contribution in [2.45, 2.75) is 26.4 Å². The molecule has 1 fully saturated rings. The maximum Gasteiger partial charge on any atom is 0.351 e. The fourth-order valence-electron chi connectivity index (χ4n) is 1.49. The first kappa shape index (κ1) is 11.1. The summed E-state index contributed by atoms with van der Waals surface area (Å²) in [6.07, 6.45) is -0.323. The number of nitrogens with zero attached hydrogens (tertiary/aromatic N) is 1. The summed E-state index contributed by atoms with van der Waals surface area (Å²) in [6.45, 7) is 3.88. The van der Waals surface area contributed by atoms with Crippen LogP contribution in [0.1, 0.15) is 26.8 Å². The molecule has 6 heteroatoms. The average molecular weight is 241 g/mol. The molecule has 0 aliphatic carbocycles. The molecule has 86 valence electrons. The molecule has 2 rings (SSSR count). The van der Waals surface area contributed by atoms with E-state index < -0.39 is 18.0 Å². The van der Waals surface area contributed by atoms with Crippen molar-refractivity contribution >= 4 is 23.3 Å². The van der Waals surface area contributed by atoms with Crippen LogP contribution in [0.4, 0.5) is 0 Å². The minimum absolute atomic E-state index is 0.317. The van der Waals surface area contributed by atoms with Gasteiger partial charge in [-0.2, -0.15) is 0 Å². The Morgan fingerprint density at radius 3 is 2.81 bits per heavy atom. The van der Waals surface area contributed by atoms with Gasteiger partial charge < -0.3 is 9.47 Å². The fourth-order valence-corrected chi connectivity index (χ4v) is 2.29. The summed E-state index contributed by atoms with van der Waals surface area (Å²) in [5.41, 5.74) is 0.638. The largest absolute Gasteiger partial charge is 0.463 e. The maximum atomic E-state index is 11.7. The molecule has 5 nitrogen and oxygen atoms in total. The second-order valence-electron chi connectivity index (χ2n) is 3.50. The molecule has 1 atom stereocenters. The quantitative estimate of drug-likeness (QED) is 0.729. The molecular formula is C10H11NO4S. The molecule has 1 aliphatic rings. The van der Waals surface area contributed by atoms with Gasteiger partial charge in [0, 0.05) is 6.42 Å². The van der Waals surface area contributed by atoms with E-state index >= 15 is 0 Å². The predicted molar refractivity (Wildman–Crippen MR) is 56.4 cm³/mol. The van der Waals surface area contributed by atoms with Gasteiger partial charge in [0.15, 0.2) is 0 Å². The van der Waals surface area contributed by atoms with E-state index in [1.807, 2.05) is 6.92 Å². The molecule has 0 bridgehead atoms. The van der Waals surface area contributed by atoms with E-state index in [-0.39, 0.29) is 0 Å². The van der Waals surface area contributed by atoms with Gasteiger partial charge in [0.1, 0.15) is 4.88 Å². The number of hydrogen-bond donors (Lipinski definition) is 0. The van der Waals surface area contributed by atoms with E-state index in [4.69, 9.17) is 9.47 Å². The summed E-state index contributed by atoms with van der Waals surface area (Å²) < 4.78 is 9.77. The summed E-state index contributed by atoms with van der Waals surface area (Å²) in [7, 11) is 0. The summed E-state index contributed by atoms with van der Waals surface area (Å²) in [4.78, 5) is 27.4. The molecule has 0 amide bonds. The van der Waals surface area contributed by atoms with Gasteiger partial charge in [0.05, 0.1) is 17.3 Å². The number of thiazole rings is 1. The Kier molecular flexibility index (Phi) is 2.91. The first-order valence-electron chi connectivity index (χ1n) is 4.89. The Morgan fingerprint density at radius 1 is 1.56 bits per heavy atom. The molecule has 0 radical (unpaired) electrons. The van der Waals surface area contributed by atoms with E-state index in [2.05, 4.69) is 4.98 Å². The summed E-state index contributed by atoms with van der Waals surface area (Å²) in [5, 5.41) is 0.804. The van der Waals surface area contributed by atoms with Gasteiger partial charge in [0.2, 0.25) is 6.10 Å². The van der Waals surface area contributed by atoms with E-state index in [9.17, 15) is 9.59 Å². The summed E-state index contributed by atoms with van der Waals surface area (Å²) in [6, 6.07) is 0. The van der Waals surface area contributed by atoms with Crippen molar-refractivity contribution in [3.8, 4) is 0 Å². The van der Waals surface area contributed by atoms with Crippen LogP contribution in [0.3, 0.4) is 0 Å². The van der Waals surface area contributed by atoms with Crippen molar-refractivity contribution in [3.05, 3.63) is 15.6 Å². The number of esters is 2. The van der Waals surface area contributed by atoms with Crippen LogP contribution in [-0.2, 0) is 14.3 Å². The lowest BCUT2D eigenvalue weighted by molar-refractivity contribution is -0.145. The highest BCUT2D eigenvalue weighted by atomic mass is 32.1. The van der Waals surface area contributed by atoms with Gasteiger partial charge in [-0.05, 0) is 13.8 Å². The third kappa shape index (κ3) is 2.06. The Balaban J connectivity index is 2.08. The normalized spacial score (nSPS) is 19.6. The molecule has 0 N–H and O–H groups in total. The van der Waals surface area contributed by atoms with Crippen molar-refractivity contribution in [1.29, 1.82) is 0 Å². The van der Waals surface area contributed by atoms with Crippen LogP contribution in [0.25, 0.3) is 0 Å². The van der Waals surface area contributed by atoms with Gasteiger partial charge in [-0.1, -0.05) is 0 Å². The second kappa shape index (κ2) is 4.21. The molecule has 1 aliphatic heterocycles. The predicted octanol–water partition coefficient (Wildman–Crippen LogP) is 1.23. The molecular weight excluding hydrogens is 230 g/mol. The minimum Gasteiger partial charge on any atom is -0.463 e. The molecule has 1 aromatic rings. The van der Waals surface area contributed by atoms with E-state index in [1.165, 1.54) is 11.3 Å². The topological polar surface area (TPSA) is 65.5 Å². The maximum absolute atomic E-state index is 11.7. The van der Waals surface area contributed by atoms with Gasteiger partial charge in [-0.3, -0.25) is 0 Å². The molecule has 0 spiro atoms. The zero-order chi connectivity index (χ0) is 11.7. The minimum atomic E-state index is -0.755. The molecule has 0 unspecified atom stereocenters. The van der Waals surface area contributed by atoms with E-state index in [0.717, 1.165) is 5.01 Å². The van der Waals surface area contributed by atoms with Crippen LogP contribution in [0.15, 0.2) is 0 Å². The van der Waals surface area contributed by atoms with E-state index in [1.54, 1.807) is 6.92 Å². The van der Waals surface area contributed by atoms with Crippen LogP contribution in [0, 0.1) is 13.8 Å².